The summed E-state index contributed by atoms with van der Waals surface area (Å²) in [5, 5.41) is 0. The van der Waals surface area contributed by atoms with Crippen molar-refractivity contribution in [2.45, 2.75) is 127 Å². The summed E-state index contributed by atoms with van der Waals surface area (Å²) in [5.74, 6) is -6.33. The first kappa shape index (κ1) is 49.3. The van der Waals surface area contributed by atoms with Crippen LogP contribution in [0.5, 0.6) is 0 Å². The summed E-state index contributed by atoms with van der Waals surface area (Å²) in [7, 11) is 1.21. The molecule has 0 saturated carbocycles. The molecule has 2 unspecified atom stereocenters. The summed E-state index contributed by atoms with van der Waals surface area (Å²) in [5.41, 5.74) is -1.35. The zero-order valence-electron chi connectivity index (χ0n) is 32.5. The maximum Gasteiger partial charge on any atom is 0.316 e. The first-order valence-corrected chi connectivity index (χ1v) is 17.8. The fourth-order valence-electron chi connectivity index (χ4n) is 4.88. The van der Waals surface area contributed by atoms with Gasteiger partial charge in [0.05, 0.1) is 51.0 Å². The Bertz CT molecular complexity index is 1100. The number of esters is 6. The van der Waals surface area contributed by atoms with Crippen LogP contribution in [0.15, 0.2) is 0 Å². The van der Waals surface area contributed by atoms with E-state index < -0.39 is 58.1 Å². The van der Waals surface area contributed by atoms with Crippen molar-refractivity contribution in [2.75, 3.05) is 40.1 Å². The third kappa shape index (κ3) is 21.2. The van der Waals surface area contributed by atoms with Crippen molar-refractivity contribution in [1.29, 1.82) is 0 Å². The Balaban J connectivity index is 0. The van der Waals surface area contributed by atoms with Crippen molar-refractivity contribution in [2.24, 2.45) is 22.7 Å². The van der Waals surface area contributed by atoms with E-state index in [0.29, 0.717) is 51.7 Å². The predicted molar refractivity (Wildman–Crippen MR) is 186 cm³/mol. The molecule has 14 heteroatoms. The van der Waals surface area contributed by atoms with Crippen LogP contribution in [-0.4, -0.2) is 87.5 Å². The Hall–Kier alpha value is -3.84. The van der Waals surface area contributed by atoms with Gasteiger partial charge in [0.25, 0.3) is 0 Å². The highest BCUT2D eigenvalue weighted by Crippen LogP contribution is 2.29. The molecule has 0 aromatic carbocycles. The Morgan fingerprint density at radius 3 is 1.18 bits per heavy atom. The summed E-state index contributed by atoms with van der Waals surface area (Å²) in [6.45, 7) is 16.8. The third-order valence-electron chi connectivity index (χ3n) is 7.78. The van der Waals surface area contributed by atoms with Crippen LogP contribution in [0.25, 0.3) is 0 Å². The second kappa shape index (κ2) is 26.9. The van der Waals surface area contributed by atoms with Crippen molar-refractivity contribution in [3.63, 3.8) is 0 Å². The van der Waals surface area contributed by atoms with Gasteiger partial charge in [-0.1, -0.05) is 25.7 Å². The Morgan fingerprint density at radius 2 is 0.843 bits per heavy atom. The van der Waals surface area contributed by atoms with Gasteiger partial charge in [-0.3, -0.25) is 38.4 Å². The minimum atomic E-state index is -1.10. The van der Waals surface area contributed by atoms with E-state index in [4.69, 9.17) is 18.9 Å². The van der Waals surface area contributed by atoms with E-state index in [0.717, 1.165) is 0 Å². The molecule has 2 atom stereocenters. The largest absolute Gasteiger partial charge is 0.468 e. The van der Waals surface area contributed by atoms with Gasteiger partial charge in [0.1, 0.15) is 24.7 Å². The van der Waals surface area contributed by atoms with Gasteiger partial charge in [-0.2, -0.15) is 0 Å². The molecule has 0 amide bonds. The number of ether oxygens (including phenoxy) is 6. The monoisotopic (exact) mass is 730 g/mol. The van der Waals surface area contributed by atoms with Crippen molar-refractivity contribution >= 4 is 47.4 Å². The molecule has 0 radical (unpaired) electrons. The molecular weight excluding hydrogens is 668 g/mol. The number of methoxy groups -OCH3 is 1. The standard InChI is InChI=1S/C28H48O9.C9H14O5/c1-9-35-24(31)21(17-13-15-19-28(6,7)26(33)37-11-3)22(29)20(23(30)34-8)16-12-14-18-27(4,5)25(32)36-10-2;1-3-13-8(11)5-7(10)6-9(12)14-4-2/h20-21H,9-19H2,1-8H3;3-6H2,1-2H3. The number of hydrogen-bond donors (Lipinski definition) is 0. The fourth-order valence-corrected chi connectivity index (χ4v) is 4.88. The summed E-state index contributed by atoms with van der Waals surface area (Å²) < 4.78 is 29.3. The molecule has 0 N–H and O–H groups in total. The van der Waals surface area contributed by atoms with Crippen molar-refractivity contribution in [3.8, 4) is 0 Å². The fraction of sp³-hybridized carbons (Fsp3) is 0.784. The molecule has 51 heavy (non-hydrogen) atoms. The van der Waals surface area contributed by atoms with Gasteiger partial charge in [-0.25, -0.2) is 0 Å². The Kier molecular flexibility index (Phi) is 26.0. The molecule has 0 rings (SSSR count). The highest BCUT2D eigenvalue weighted by molar-refractivity contribution is 6.08. The number of rotatable bonds is 25. The van der Waals surface area contributed by atoms with Crippen LogP contribution in [0.2, 0.25) is 0 Å². The molecule has 0 aromatic heterocycles. The van der Waals surface area contributed by atoms with Crippen LogP contribution in [0.4, 0.5) is 0 Å². The minimum Gasteiger partial charge on any atom is -0.468 e. The van der Waals surface area contributed by atoms with Gasteiger partial charge in [-0.05, 0) is 88.0 Å². The Morgan fingerprint density at radius 1 is 0.490 bits per heavy atom. The molecule has 0 bridgehead atoms. The minimum absolute atomic E-state index is 0.115. The summed E-state index contributed by atoms with van der Waals surface area (Å²) >= 11 is 0. The molecule has 0 heterocycles. The van der Waals surface area contributed by atoms with E-state index in [1.165, 1.54) is 7.11 Å². The zero-order valence-corrected chi connectivity index (χ0v) is 32.5. The number of hydrogen-bond acceptors (Lipinski definition) is 14. The number of carbonyl (C=O) groups is 8. The average Bonchev–Trinajstić information content (AvgIpc) is 3.04. The second-order valence-electron chi connectivity index (χ2n) is 13.0. The van der Waals surface area contributed by atoms with E-state index in [9.17, 15) is 38.4 Å². The molecule has 0 aliphatic carbocycles. The van der Waals surface area contributed by atoms with Crippen molar-refractivity contribution in [3.05, 3.63) is 0 Å². The van der Waals surface area contributed by atoms with Crippen LogP contribution in [0.1, 0.15) is 127 Å². The number of Topliss-reactive ketones (excluding diaryl/α,β-unsaturated/α-hetero) is 2. The van der Waals surface area contributed by atoms with E-state index >= 15 is 0 Å². The quantitative estimate of drug-likeness (QED) is 0.0509. The van der Waals surface area contributed by atoms with Gasteiger partial charge < -0.3 is 28.4 Å². The number of unbranched alkanes of at least 4 members (excludes halogenated alkanes) is 2. The van der Waals surface area contributed by atoms with Crippen LogP contribution >= 0.6 is 0 Å². The highest BCUT2D eigenvalue weighted by Gasteiger charge is 2.38. The molecule has 294 valence electrons. The first-order valence-electron chi connectivity index (χ1n) is 17.8. The van der Waals surface area contributed by atoms with Crippen LogP contribution in [-0.2, 0) is 66.8 Å². The van der Waals surface area contributed by atoms with Crippen LogP contribution in [0, 0.1) is 22.7 Å². The van der Waals surface area contributed by atoms with Gasteiger partial charge in [0.2, 0.25) is 0 Å². The third-order valence-corrected chi connectivity index (χ3v) is 7.78. The zero-order chi connectivity index (χ0) is 39.6. The lowest BCUT2D eigenvalue weighted by atomic mass is 9.82. The summed E-state index contributed by atoms with van der Waals surface area (Å²) in [6.07, 6.45) is 2.94. The van der Waals surface area contributed by atoms with Gasteiger partial charge in [-0.15, -0.1) is 0 Å². The molecular formula is C37H62O14. The lowest BCUT2D eigenvalue weighted by molar-refractivity contribution is -0.158. The maximum atomic E-state index is 13.4. The molecule has 0 spiro atoms. The molecule has 0 aliphatic heterocycles. The summed E-state index contributed by atoms with van der Waals surface area (Å²) in [4.78, 5) is 95.4. The van der Waals surface area contributed by atoms with Crippen LogP contribution < -0.4 is 0 Å². The van der Waals surface area contributed by atoms with Crippen LogP contribution in [0.3, 0.4) is 0 Å². The number of carbonyl (C=O) groups excluding carboxylic acids is 8. The highest BCUT2D eigenvalue weighted by atomic mass is 16.6. The molecule has 0 aliphatic rings. The normalized spacial score (nSPS) is 12.2. The topological polar surface area (TPSA) is 192 Å². The van der Waals surface area contributed by atoms with E-state index in [2.05, 4.69) is 9.47 Å². The average molecular weight is 731 g/mol. The molecule has 0 saturated heterocycles. The molecule has 0 aromatic rings. The lowest BCUT2D eigenvalue weighted by Crippen LogP contribution is -2.36. The van der Waals surface area contributed by atoms with E-state index in [1.807, 2.05) is 0 Å². The predicted octanol–water partition coefficient (Wildman–Crippen LogP) is 5.29. The smallest absolute Gasteiger partial charge is 0.316 e. The van der Waals surface area contributed by atoms with Gasteiger partial charge in [0.15, 0.2) is 11.6 Å². The molecule has 14 nitrogen and oxygen atoms in total. The molecule has 0 fully saturated rings. The van der Waals surface area contributed by atoms with Crippen molar-refractivity contribution in [1.82, 2.24) is 0 Å². The van der Waals surface area contributed by atoms with Crippen molar-refractivity contribution < 1.29 is 66.8 Å². The SMILES string of the molecule is CCOC(=O)C(CCCCC(C)(C)C(=O)OCC)C(=O)C(CCCCC(C)(C)C(=O)OCC)C(=O)OC.CCOC(=O)CC(=O)CC(=O)OCC. The lowest BCUT2D eigenvalue weighted by Gasteiger charge is -2.24. The first-order chi connectivity index (χ1) is 23.9. The van der Waals surface area contributed by atoms with E-state index in [1.54, 1.807) is 62.3 Å². The van der Waals surface area contributed by atoms with Gasteiger partial charge in [0, 0.05) is 0 Å². The van der Waals surface area contributed by atoms with E-state index in [-0.39, 0.29) is 57.4 Å². The number of ketones is 2. The summed E-state index contributed by atoms with van der Waals surface area (Å²) in [6, 6.07) is 0. The maximum absolute atomic E-state index is 13.4. The Labute approximate surface area is 303 Å². The van der Waals surface area contributed by atoms with Gasteiger partial charge >= 0.3 is 35.8 Å². The second-order valence-corrected chi connectivity index (χ2v) is 13.0.